The van der Waals surface area contributed by atoms with Gasteiger partial charge in [-0.3, -0.25) is 4.79 Å². The molecule has 3 heteroatoms. The third kappa shape index (κ3) is 4.33. The number of hydrogen-bond acceptors (Lipinski definition) is 1. The Morgan fingerprint density at radius 3 is 2.22 bits per heavy atom. The van der Waals surface area contributed by atoms with E-state index < -0.39 is 5.41 Å². The molecule has 0 fully saturated rings. The zero-order valence-corrected chi connectivity index (χ0v) is 15.8. The lowest BCUT2D eigenvalue weighted by molar-refractivity contribution is -0.131. The van der Waals surface area contributed by atoms with Crippen molar-refractivity contribution in [2.24, 2.45) is 10.8 Å². The maximum atomic E-state index is 13.8. The van der Waals surface area contributed by atoms with Crippen LogP contribution in [0.25, 0.3) is 0 Å². The molecule has 0 saturated heterocycles. The van der Waals surface area contributed by atoms with Crippen molar-refractivity contribution < 1.29 is 9.18 Å². The summed E-state index contributed by atoms with van der Waals surface area (Å²) in [5.74, 6) is -0.0960. The summed E-state index contributed by atoms with van der Waals surface area (Å²) in [4.78, 5) is 15.1. The molecule has 0 aromatic heterocycles. The Labute approximate surface area is 141 Å². The third-order valence-electron chi connectivity index (χ3n) is 5.11. The van der Waals surface area contributed by atoms with E-state index in [0.29, 0.717) is 18.5 Å². The molecule has 0 unspecified atom stereocenters. The van der Waals surface area contributed by atoms with Gasteiger partial charge in [0.25, 0.3) is 0 Å². The van der Waals surface area contributed by atoms with Crippen LogP contribution >= 0.6 is 0 Å². The van der Waals surface area contributed by atoms with Crippen molar-refractivity contribution in [1.29, 1.82) is 0 Å². The fourth-order valence-electron chi connectivity index (χ4n) is 2.32. The predicted molar refractivity (Wildman–Crippen MR) is 96.3 cm³/mol. The van der Waals surface area contributed by atoms with Crippen LogP contribution in [0.2, 0.25) is 0 Å². The summed E-state index contributed by atoms with van der Waals surface area (Å²) in [6, 6.07) is 5.02. The van der Waals surface area contributed by atoms with Crippen LogP contribution < -0.4 is 4.90 Å². The highest BCUT2D eigenvalue weighted by Gasteiger charge is 2.42. The highest BCUT2D eigenvalue weighted by Crippen LogP contribution is 2.40. The molecule has 0 saturated carbocycles. The van der Waals surface area contributed by atoms with Gasteiger partial charge in [-0.15, -0.1) is 0 Å². The van der Waals surface area contributed by atoms with Crippen LogP contribution in [0.5, 0.6) is 0 Å². The van der Waals surface area contributed by atoms with E-state index in [1.54, 1.807) is 6.07 Å². The first-order valence-electron chi connectivity index (χ1n) is 8.66. The van der Waals surface area contributed by atoms with Gasteiger partial charge in [-0.1, -0.05) is 54.9 Å². The second-order valence-electron chi connectivity index (χ2n) is 7.81. The van der Waals surface area contributed by atoms with Crippen molar-refractivity contribution in [3.05, 3.63) is 29.6 Å². The second kappa shape index (κ2) is 7.46. The first kappa shape index (κ1) is 19.7. The SMILES string of the molecule is CCCCN(C(=O)C(C)(C)C(C)(C)C)c1ccc(F)c(CC)c1. The molecule has 1 aromatic rings. The number of carbonyl (C=O) groups is 1. The van der Waals surface area contributed by atoms with E-state index in [2.05, 4.69) is 27.7 Å². The van der Waals surface area contributed by atoms with Crippen LogP contribution in [0.3, 0.4) is 0 Å². The quantitative estimate of drug-likeness (QED) is 0.668. The van der Waals surface area contributed by atoms with Gasteiger partial charge in [0.05, 0.1) is 0 Å². The Morgan fingerprint density at radius 2 is 1.74 bits per heavy atom. The van der Waals surface area contributed by atoms with Crippen LogP contribution in [0.1, 0.15) is 66.9 Å². The number of rotatable bonds is 6. The number of anilines is 1. The Balaban J connectivity index is 3.27. The number of carbonyl (C=O) groups excluding carboxylic acids is 1. The van der Waals surface area contributed by atoms with E-state index in [9.17, 15) is 9.18 Å². The minimum Gasteiger partial charge on any atom is -0.312 e. The number of amides is 1. The lowest BCUT2D eigenvalue weighted by atomic mass is 9.68. The van der Waals surface area contributed by atoms with Gasteiger partial charge in [-0.05, 0) is 42.0 Å². The molecule has 0 bridgehead atoms. The first-order valence-corrected chi connectivity index (χ1v) is 8.66. The standard InChI is InChI=1S/C20H32FNO/c1-8-10-13-22(18(23)20(6,7)19(3,4)5)16-11-12-17(21)15(9-2)14-16/h11-12,14H,8-10,13H2,1-7H3. The lowest BCUT2D eigenvalue weighted by Gasteiger charge is -2.41. The average Bonchev–Trinajstić information content (AvgIpc) is 2.47. The lowest BCUT2D eigenvalue weighted by Crippen LogP contribution is -2.48. The van der Waals surface area contributed by atoms with Gasteiger partial charge in [-0.25, -0.2) is 4.39 Å². The van der Waals surface area contributed by atoms with E-state index in [1.807, 2.05) is 31.7 Å². The second-order valence-corrected chi connectivity index (χ2v) is 7.81. The molecule has 0 heterocycles. The fourth-order valence-corrected chi connectivity index (χ4v) is 2.32. The number of hydrogen-bond donors (Lipinski definition) is 0. The number of aryl methyl sites for hydroxylation is 1. The Hall–Kier alpha value is -1.38. The largest absolute Gasteiger partial charge is 0.312 e. The van der Waals surface area contributed by atoms with Gasteiger partial charge in [0, 0.05) is 17.6 Å². The molecular weight excluding hydrogens is 289 g/mol. The van der Waals surface area contributed by atoms with Gasteiger partial charge < -0.3 is 4.90 Å². The maximum Gasteiger partial charge on any atom is 0.233 e. The van der Waals surface area contributed by atoms with Crippen molar-refractivity contribution in [2.45, 2.75) is 67.7 Å². The van der Waals surface area contributed by atoms with E-state index in [4.69, 9.17) is 0 Å². The van der Waals surface area contributed by atoms with Crippen LogP contribution in [-0.4, -0.2) is 12.5 Å². The Morgan fingerprint density at radius 1 is 1.13 bits per heavy atom. The van der Waals surface area contributed by atoms with E-state index >= 15 is 0 Å². The van der Waals surface area contributed by atoms with Crippen molar-refractivity contribution in [3.8, 4) is 0 Å². The van der Waals surface area contributed by atoms with E-state index in [-0.39, 0.29) is 17.1 Å². The predicted octanol–water partition coefficient (Wildman–Crippen LogP) is 5.59. The Kier molecular flexibility index (Phi) is 6.38. The van der Waals surface area contributed by atoms with E-state index in [0.717, 1.165) is 18.5 Å². The van der Waals surface area contributed by atoms with Gasteiger partial charge in [0.1, 0.15) is 5.82 Å². The molecular formula is C20H32FNO. The fraction of sp³-hybridized carbons (Fsp3) is 0.650. The molecule has 23 heavy (non-hydrogen) atoms. The molecule has 0 radical (unpaired) electrons. The number of nitrogens with zero attached hydrogens (tertiary/aromatic N) is 1. The normalized spacial score (nSPS) is 12.3. The van der Waals surface area contributed by atoms with Gasteiger partial charge >= 0.3 is 0 Å². The molecule has 2 nitrogen and oxygen atoms in total. The highest BCUT2D eigenvalue weighted by molar-refractivity contribution is 5.97. The summed E-state index contributed by atoms with van der Waals surface area (Å²) in [7, 11) is 0. The first-order chi connectivity index (χ1) is 10.6. The van der Waals surface area contributed by atoms with Crippen LogP contribution in [0.15, 0.2) is 18.2 Å². The maximum absolute atomic E-state index is 13.8. The molecule has 1 rings (SSSR count). The minimum absolute atomic E-state index is 0.104. The smallest absolute Gasteiger partial charge is 0.233 e. The Bertz CT molecular complexity index is 543. The summed E-state index contributed by atoms with van der Waals surface area (Å²) in [6.07, 6.45) is 2.57. The van der Waals surface area contributed by atoms with Crippen LogP contribution in [-0.2, 0) is 11.2 Å². The number of benzene rings is 1. The number of halogens is 1. The monoisotopic (exact) mass is 321 g/mol. The third-order valence-corrected chi connectivity index (χ3v) is 5.11. The summed E-state index contributed by atoms with van der Waals surface area (Å²) in [5.41, 5.74) is 0.813. The molecule has 1 amide bonds. The molecule has 0 spiro atoms. The zero-order valence-electron chi connectivity index (χ0n) is 15.8. The summed E-state index contributed by atoms with van der Waals surface area (Å²) in [6.45, 7) is 15.0. The van der Waals surface area contributed by atoms with Crippen LogP contribution in [0, 0.1) is 16.6 Å². The van der Waals surface area contributed by atoms with Crippen molar-refractivity contribution in [3.63, 3.8) is 0 Å². The summed E-state index contributed by atoms with van der Waals surface area (Å²) < 4.78 is 13.8. The van der Waals surface area contributed by atoms with Gasteiger partial charge in [-0.2, -0.15) is 0 Å². The van der Waals surface area contributed by atoms with Gasteiger partial charge in [0.2, 0.25) is 5.91 Å². The summed E-state index contributed by atoms with van der Waals surface area (Å²) in [5, 5.41) is 0. The topological polar surface area (TPSA) is 20.3 Å². The molecule has 0 N–H and O–H groups in total. The molecule has 0 aliphatic heterocycles. The number of unbranched alkanes of at least 4 members (excludes halogenated alkanes) is 1. The van der Waals surface area contributed by atoms with E-state index in [1.165, 1.54) is 6.07 Å². The molecule has 0 aliphatic rings. The van der Waals surface area contributed by atoms with Crippen LogP contribution in [0.4, 0.5) is 10.1 Å². The van der Waals surface area contributed by atoms with Gasteiger partial charge in [0.15, 0.2) is 0 Å². The molecule has 1 aromatic carbocycles. The average molecular weight is 321 g/mol. The zero-order chi connectivity index (χ0) is 17.8. The highest BCUT2D eigenvalue weighted by atomic mass is 19.1. The minimum atomic E-state index is -0.499. The summed E-state index contributed by atoms with van der Waals surface area (Å²) >= 11 is 0. The van der Waals surface area contributed by atoms with Crippen molar-refractivity contribution >= 4 is 11.6 Å². The molecule has 0 aliphatic carbocycles. The molecule has 0 atom stereocenters. The van der Waals surface area contributed by atoms with Crippen molar-refractivity contribution in [2.75, 3.05) is 11.4 Å². The molecule has 130 valence electrons. The van der Waals surface area contributed by atoms with Crippen molar-refractivity contribution in [1.82, 2.24) is 0 Å².